The molecule has 0 saturated heterocycles. The zero-order valence-corrected chi connectivity index (χ0v) is 38.5. The van der Waals surface area contributed by atoms with Gasteiger partial charge < -0.3 is 9.80 Å². The maximum Gasteiger partial charge on any atom is 0.311 e. The Kier molecular flexibility index (Phi) is 12.8. The molecule has 0 radical (unpaired) electrons. The fourth-order valence-corrected chi connectivity index (χ4v) is 13.7. The van der Waals surface area contributed by atoms with Gasteiger partial charge in [-0.3, -0.25) is 0 Å². The van der Waals surface area contributed by atoms with Crippen LogP contribution in [0.5, 0.6) is 0 Å². The van der Waals surface area contributed by atoms with Crippen molar-refractivity contribution in [2.45, 2.75) is 107 Å². The topological polar surface area (TPSA) is 6.48 Å². The van der Waals surface area contributed by atoms with Gasteiger partial charge in [0.25, 0.3) is 0 Å². The van der Waals surface area contributed by atoms with Crippen molar-refractivity contribution in [2.75, 3.05) is 9.80 Å². The molecule has 6 rings (SSSR count). The van der Waals surface area contributed by atoms with Gasteiger partial charge in [0.05, 0.1) is 0 Å². The Hall–Kier alpha value is -4.28. The maximum atomic E-state index is 8.26. The van der Waals surface area contributed by atoms with E-state index in [0.717, 1.165) is 44.5 Å². The maximum absolute atomic E-state index is 8.26. The summed E-state index contributed by atoms with van der Waals surface area (Å²) in [7, 11) is 0. The zero-order valence-electron chi connectivity index (χ0n) is 36.0. The molecular formula is C52H60Cl2N2Si. The molecule has 0 heterocycles. The Balaban J connectivity index is 1.62. The van der Waals surface area contributed by atoms with Crippen molar-refractivity contribution in [3.63, 3.8) is 0 Å². The van der Waals surface area contributed by atoms with Crippen LogP contribution < -0.4 is 20.2 Å². The first-order valence-electron chi connectivity index (χ1n) is 20.6. The summed E-state index contributed by atoms with van der Waals surface area (Å²) in [5, 5.41) is 2.27. The van der Waals surface area contributed by atoms with Gasteiger partial charge in [-0.15, -0.1) is 22.2 Å². The molecule has 57 heavy (non-hydrogen) atoms. The summed E-state index contributed by atoms with van der Waals surface area (Å²) in [5.41, 5.74) is 16.5. The first-order chi connectivity index (χ1) is 27.0. The van der Waals surface area contributed by atoms with E-state index in [4.69, 9.17) is 22.2 Å². The van der Waals surface area contributed by atoms with E-state index in [-0.39, 0.29) is 23.7 Å². The van der Waals surface area contributed by atoms with Crippen LogP contribution in [0.4, 0.5) is 34.1 Å². The number of anilines is 6. The Morgan fingerprint density at radius 1 is 0.333 bits per heavy atom. The highest BCUT2D eigenvalue weighted by atomic mass is 35.7. The average Bonchev–Trinajstić information content (AvgIpc) is 3.17. The van der Waals surface area contributed by atoms with E-state index < -0.39 is 6.69 Å². The number of halogens is 2. The van der Waals surface area contributed by atoms with Gasteiger partial charge in [-0.25, -0.2) is 0 Å². The number of rotatable bonds is 12. The fraction of sp³-hybridized carbons (Fsp3) is 0.308. The molecule has 6 aromatic rings. The highest BCUT2D eigenvalue weighted by Gasteiger charge is 2.43. The van der Waals surface area contributed by atoms with Gasteiger partial charge in [-0.2, -0.15) is 0 Å². The predicted octanol–water partition coefficient (Wildman–Crippen LogP) is 15.4. The quantitative estimate of drug-likeness (QED) is 0.0897. The molecule has 6 aromatic carbocycles. The molecule has 5 heteroatoms. The van der Waals surface area contributed by atoms with Gasteiger partial charge in [-0.1, -0.05) is 126 Å². The lowest BCUT2D eigenvalue weighted by molar-refractivity contribution is 0.840. The largest absolute Gasteiger partial charge is 0.311 e. The number of hydrogen-bond donors (Lipinski definition) is 0. The van der Waals surface area contributed by atoms with E-state index >= 15 is 0 Å². The molecule has 0 atom stereocenters. The summed E-state index contributed by atoms with van der Waals surface area (Å²) >= 11 is 16.5. The second kappa shape index (κ2) is 17.3. The Morgan fingerprint density at radius 2 is 0.526 bits per heavy atom. The second-order valence-corrected chi connectivity index (χ2v) is 23.3. The molecule has 0 amide bonds. The third-order valence-corrected chi connectivity index (χ3v) is 15.8. The van der Waals surface area contributed by atoms with Crippen LogP contribution in [0.1, 0.15) is 124 Å². The highest BCUT2D eigenvalue weighted by molar-refractivity contribution is 7.56. The van der Waals surface area contributed by atoms with E-state index in [9.17, 15) is 0 Å². The van der Waals surface area contributed by atoms with Crippen molar-refractivity contribution in [1.82, 2.24) is 0 Å². The molecule has 0 unspecified atom stereocenters. The third kappa shape index (κ3) is 8.92. The van der Waals surface area contributed by atoms with Gasteiger partial charge in [0.1, 0.15) is 0 Å². The summed E-state index contributed by atoms with van der Waals surface area (Å²) in [4.78, 5) is 4.76. The van der Waals surface area contributed by atoms with Crippen LogP contribution in [-0.2, 0) is 0 Å². The van der Waals surface area contributed by atoms with E-state index in [1.165, 1.54) is 44.5 Å². The van der Waals surface area contributed by atoms with Gasteiger partial charge in [0.15, 0.2) is 0 Å². The van der Waals surface area contributed by atoms with Crippen LogP contribution in [-0.4, -0.2) is 6.69 Å². The summed E-state index contributed by atoms with van der Waals surface area (Å²) in [6.45, 7) is 23.4. The first kappa shape index (κ1) is 42.3. The lowest BCUT2D eigenvalue weighted by atomic mass is 9.93. The Morgan fingerprint density at radius 3 is 0.702 bits per heavy atom. The minimum atomic E-state index is -3.44. The van der Waals surface area contributed by atoms with Crippen LogP contribution in [0.15, 0.2) is 121 Å². The SMILES string of the molecule is Cc1ccc(N(c2ccc(C)cc2)c2cc(C(C)C)c([Si](Cl)(Cl)c3c(C(C)C)cc(N(c4ccc(C)cc4)c4ccc(C)cc4)cc3C(C)C)c(C(C)C)c2)cc1. The highest BCUT2D eigenvalue weighted by Crippen LogP contribution is 2.42. The number of nitrogens with zero attached hydrogens (tertiary/aromatic N) is 2. The monoisotopic (exact) mass is 810 g/mol. The minimum absolute atomic E-state index is 0.183. The second-order valence-electron chi connectivity index (χ2n) is 17.2. The molecule has 0 spiro atoms. The van der Waals surface area contributed by atoms with E-state index in [1.807, 2.05) is 0 Å². The number of aryl methyl sites for hydroxylation is 4. The van der Waals surface area contributed by atoms with E-state index in [0.29, 0.717) is 0 Å². The Labute approximate surface area is 353 Å². The molecule has 296 valence electrons. The summed E-state index contributed by atoms with van der Waals surface area (Å²) in [6, 6.07) is 44.8. The molecule has 0 bridgehead atoms. The smallest absolute Gasteiger partial charge is 0.310 e. The van der Waals surface area contributed by atoms with Crippen LogP contribution >= 0.6 is 22.2 Å². The standard InChI is InChI=1S/C52H60Cl2N2Si/c1-33(2)47-29-45(55(41-21-13-37(9)14-22-41)42-23-15-38(10)16-24-42)30-48(34(3)4)51(47)57(53,54)52-49(35(5)6)31-46(32-50(52)36(7)8)56(43-25-17-39(11)18-26-43)44-27-19-40(12)20-28-44/h13-36H,1-12H3. The van der Waals surface area contributed by atoms with Crippen LogP contribution in [0.3, 0.4) is 0 Å². The first-order valence-corrected chi connectivity index (χ1v) is 24.6. The zero-order chi connectivity index (χ0) is 41.3. The molecule has 2 nitrogen and oxygen atoms in total. The number of hydrogen-bond acceptors (Lipinski definition) is 2. The summed E-state index contributed by atoms with van der Waals surface area (Å²) in [5.74, 6) is 0.732. The Bertz CT molecular complexity index is 1990. The molecule has 0 aromatic heterocycles. The minimum Gasteiger partial charge on any atom is -0.310 e. The molecule has 0 aliphatic heterocycles. The molecular weight excluding hydrogens is 752 g/mol. The normalized spacial score (nSPS) is 12.0. The van der Waals surface area contributed by atoms with Crippen molar-refractivity contribution in [3.05, 3.63) is 166 Å². The van der Waals surface area contributed by atoms with Crippen molar-refractivity contribution >= 4 is 73.3 Å². The van der Waals surface area contributed by atoms with Gasteiger partial charge in [-0.05, 0) is 157 Å². The molecule has 0 aliphatic carbocycles. The molecule has 0 N–H and O–H groups in total. The lowest BCUT2D eigenvalue weighted by Gasteiger charge is -2.36. The van der Waals surface area contributed by atoms with Crippen LogP contribution in [0.2, 0.25) is 0 Å². The summed E-state index contributed by atoms with van der Waals surface area (Å²) < 4.78 is 0. The van der Waals surface area contributed by atoms with Crippen molar-refractivity contribution in [2.24, 2.45) is 0 Å². The van der Waals surface area contributed by atoms with Crippen molar-refractivity contribution in [1.29, 1.82) is 0 Å². The molecule has 0 saturated carbocycles. The lowest BCUT2D eigenvalue weighted by Crippen LogP contribution is -2.55. The average molecular weight is 812 g/mol. The van der Waals surface area contributed by atoms with E-state index in [2.05, 4.69) is 214 Å². The third-order valence-electron chi connectivity index (χ3n) is 11.2. The van der Waals surface area contributed by atoms with Gasteiger partial charge in [0, 0.05) is 34.1 Å². The van der Waals surface area contributed by atoms with E-state index in [1.54, 1.807) is 0 Å². The van der Waals surface area contributed by atoms with Crippen LogP contribution in [0, 0.1) is 27.7 Å². The van der Waals surface area contributed by atoms with Gasteiger partial charge >= 0.3 is 6.69 Å². The molecule has 0 aliphatic rings. The fourth-order valence-electron chi connectivity index (χ4n) is 7.94. The summed E-state index contributed by atoms with van der Waals surface area (Å²) in [6.07, 6.45) is 0. The predicted molar refractivity (Wildman–Crippen MR) is 254 cm³/mol. The van der Waals surface area contributed by atoms with Crippen LogP contribution in [0.25, 0.3) is 0 Å². The van der Waals surface area contributed by atoms with Gasteiger partial charge in [0.2, 0.25) is 0 Å². The van der Waals surface area contributed by atoms with Crippen molar-refractivity contribution in [3.8, 4) is 0 Å². The van der Waals surface area contributed by atoms with Crippen molar-refractivity contribution < 1.29 is 0 Å². The number of benzene rings is 6. The molecule has 0 fully saturated rings.